The summed E-state index contributed by atoms with van der Waals surface area (Å²) in [6.07, 6.45) is 7.71. The minimum atomic E-state index is -0.326. The lowest BCUT2D eigenvalue weighted by atomic mass is 9.96. The van der Waals surface area contributed by atoms with E-state index in [0.29, 0.717) is 13.1 Å². The first kappa shape index (κ1) is 14.8. The number of aromatic nitrogens is 1. The second-order valence-electron chi connectivity index (χ2n) is 6.15. The predicted octanol–water partition coefficient (Wildman–Crippen LogP) is 1.69. The fourth-order valence-corrected chi connectivity index (χ4v) is 3.25. The molecule has 3 rings (SSSR count). The van der Waals surface area contributed by atoms with Crippen LogP contribution in [-0.4, -0.2) is 34.9 Å². The van der Waals surface area contributed by atoms with Gasteiger partial charge in [0.25, 0.3) is 0 Å². The molecule has 1 aliphatic heterocycles. The van der Waals surface area contributed by atoms with Crippen molar-refractivity contribution in [2.24, 2.45) is 11.7 Å². The van der Waals surface area contributed by atoms with Gasteiger partial charge in [0, 0.05) is 18.8 Å². The Balaban J connectivity index is 1.65. The maximum atomic E-state index is 12.3. The lowest BCUT2D eigenvalue weighted by Gasteiger charge is -2.31. The number of piperidine rings is 1. The van der Waals surface area contributed by atoms with Gasteiger partial charge >= 0.3 is 6.03 Å². The number of anilines is 1. The Hall–Kier alpha value is -2.11. The van der Waals surface area contributed by atoms with Gasteiger partial charge in [0.1, 0.15) is 0 Å². The first-order chi connectivity index (χ1) is 10.6. The molecule has 0 radical (unpaired) electrons. The molecule has 2 heterocycles. The fourth-order valence-electron chi connectivity index (χ4n) is 3.25. The highest BCUT2D eigenvalue weighted by Crippen LogP contribution is 2.23. The summed E-state index contributed by atoms with van der Waals surface area (Å²) in [7, 11) is 0. The number of aryl methyl sites for hydroxylation is 2. The zero-order valence-corrected chi connectivity index (χ0v) is 12.7. The van der Waals surface area contributed by atoms with Crippen LogP contribution in [0.2, 0.25) is 0 Å². The second-order valence-corrected chi connectivity index (χ2v) is 6.15. The molecule has 1 aliphatic carbocycles. The van der Waals surface area contributed by atoms with E-state index in [1.165, 1.54) is 18.4 Å². The van der Waals surface area contributed by atoms with Gasteiger partial charge in [-0.1, -0.05) is 0 Å². The van der Waals surface area contributed by atoms with E-state index in [0.717, 1.165) is 37.1 Å². The van der Waals surface area contributed by atoms with Gasteiger partial charge in [-0.05, 0) is 50.2 Å². The number of carbonyl (C=O) groups is 2. The summed E-state index contributed by atoms with van der Waals surface area (Å²) in [6.45, 7) is 1.06. The van der Waals surface area contributed by atoms with Crippen LogP contribution in [0.25, 0.3) is 0 Å². The highest BCUT2D eigenvalue weighted by atomic mass is 16.2. The van der Waals surface area contributed by atoms with E-state index in [2.05, 4.69) is 10.3 Å². The number of rotatable bonds is 2. The quantitative estimate of drug-likeness (QED) is 0.871. The van der Waals surface area contributed by atoms with Gasteiger partial charge in [0.05, 0.1) is 17.8 Å². The molecule has 2 aliphatic rings. The molecule has 6 heteroatoms. The number of likely N-dealkylation sites (tertiary alicyclic amines) is 1. The maximum Gasteiger partial charge on any atom is 0.321 e. The summed E-state index contributed by atoms with van der Waals surface area (Å²) < 4.78 is 0. The zero-order valence-electron chi connectivity index (χ0n) is 12.7. The van der Waals surface area contributed by atoms with Gasteiger partial charge in [-0.2, -0.15) is 0 Å². The number of hydrogen-bond acceptors (Lipinski definition) is 3. The number of nitrogens with one attached hydrogen (secondary N) is 1. The van der Waals surface area contributed by atoms with E-state index in [4.69, 9.17) is 5.73 Å². The standard InChI is InChI=1S/C16H22N4O2/c17-15(21)12-5-3-7-20(10-12)16(22)19-13-8-11-4-1-2-6-14(11)18-9-13/h8-9,12H,1-7,10H2,(H2,17,21)(H,19,22)/t12-/m0/s1. The highest BCUT2D eigenvalue weighted by Gasteiger charge is 2.27. The molecule has 1 aromatic heterocycles. The summed E-state index contributed by atoms with van der Waals surface area (Å²) in [5, 5.41) is 2.89. The van der Waals surface area contributed by atoms with Crippen molar-refractivity contribution >= 4 is 17.6 Å². The summed E-state index contributed by atoms with van der Waals surface area (Å²) in [6, 6.07) is 1.85. The largest absolute Gasteiger partial charge is 0.369 e. The number of hydrogen-bond donors (Lipinski definition) is 2. The lowest BCUT2D eigenvalue weighted by Crippen LogP contribution is -2.45. The average molecular weight is 302 g/mol. The molecular formula is C16H22N4O2. The minimum Gasteiger partial charge on any atom is -0.369 e. The number of nitrogens with zero attached hydrogens (tertiary/aromatic N) is 2. The van der Waals surface area contributed by atoms with Gasteiger partial charge in [-0.15, -0.1) is 0 Å². The Labute approximate surface area is 130 Å². The number of pyridine rings is 1. The Morgan fingerprint density at radius 1 is 1.27 bits per heavy atom. The van der Waals surface area contributed by atoms with Crippen LogP contribution >= 0.6 is 0 Å². The third kappa shape index (κ3) is 3.21. The predicted molar refractivity (Wildman–Crippen MR) is 83.4 cm³/mol. The Morgan fingerprint density at radius 2 is 2.09 bits per heavy atom. The Morgan fingerprint density at radius 3 is 2.91 bits per heavy atom. The van der Waals surface area contributed by atoms with Crippen molar-refractivity contribution in [1.82, 2.24) is 9.88 Å². The van der Waals surface area contributed by atoms with Crippen LogP contribution in [0.1, 0.15) is 36.9 Å². The first-order valence-electron chi connectivity index (χ1n) is 7.96. The fraction of sp³-hybridized carbons (Fsp3) is 0.562. The molecule has 0 spiro atoms. The number of amides is 3. The average Bonchev–Trinajstić information content (AvgIpc) is 2.55. The summed E-state index contributed by atoms with van der Waals surface area (Å²) in [4.78, 5) is 29.8. The van der Waals surface area contributed by atoms with Gasteiger partial charge in [0.15, 0.2) is 0 Å². The lowest BCUT2D eigenvalue weighted by molar-refractivity contribution is -0.123. The van der Waals surface area contributed by atoms with Gasteiger partial charge in [-0.3, -0.25) is 9.78 Å². The monoisotopic (exact) mass is 302 g/mol. The smallest absolute Gasteiger partial charge is 0.321 e. The molecule has 22 heavy (non-hydrogen) atoms. The first-order valence-corrected chi connectivity index (χ1v) is 7.96. The van der Waals surface area contributed by atoms with Crippen molar-refractivity contribution in [3.8, 4) is 0 Å². The van der Waals surface area contributed by atoms with Crippen LogP contribution in [-0.2, 0) is 17.6 Å². The molecule has 0 unspecified atom stereocenters. The molecule has 0 saturated carbocycles. The Bertz CT molecular complexity index is 588. The third-order valence-corrected chi connectivity index (χ3v) is 4.53. The molecule has 0 aromatic carbocycles. The molecular weight excluding hydrogens is 280 g/mol. The summed E-state index contributed by atoms with van der Waals surface area (Å²) in [5.41, 5.74) is 8.46. The van der Waals surface area contributed by atoms with E-state index >= 15 is 0 Å². The summed E-state index contributed by atoms with van der Waals surface area (Å²) in [5.74, 6) is -0.561. The number of primary amides is 1. The van der Waals surface area contributed by atoms with E-state index < -0.39 is 0 Å². The van der Waals surface area contributed by atoms with E-state index in [-0.39, 0.29) is 17.9 Å². The van der Waals surface area contributed by atoms with Gasteiger partial charge in [-0.25, -0.2) is 4.79 Å². The molecule has 118 valence electrons. The third-order valence-electron chi connectivity index (χ3n) is 4.53. The second kappa shape index (κ2) is 6.34. The molecule has 3 amide bonds. The molecule has 0 bridgehead atoms. The number of carbonyl (C=O) groups excluding carboxylic acids is 2. The van der Waals surface area contributed by atoms with Gasteiger partial charge < -0.3 is 16.0 Å². The zero-order chi connectivity index (χ0) is 15.5. The van der Waals surface area contributed by atoms with Crippen molar-refractivity contribution in [2.45, 2.75) is 38.5 Å². The maximum absolute atomic E-state index is 12.3. The van der Waals surface area contributed by atoms with Crippen molar-refractivity contribution in [2.75, 3.05) is 18.4 Å². The van der Waals surface area contributed by atoms with Crippen LogP contribution in [0, 0.1) is 5.92 Å². The van der Waals surface area contributed by atoms with Gasteiger partial charge in [0.2, 0.25) is 5.91 Å². The van der Waals surface area contributed by atoms with Crippen LogP contribution in [0.5, 0.6) is 0 Å². The number of fused-ring (bicyclic) bond motifs is 1. The van der Waals surface area contributed by atoms with Crippen LogP contribution in [0.4, 0.5) is 10.5 Å². The molecule has 3 N–H and O–H groups in total. The summed E-state index contributed by atoms with van der Waals surface area (Å²) >= 11 is 0. The van der Waals surface area contributed by atoms with Crippen molar-refractivity contribution in [3.05, 3.63) is 23.5 Å². The van der Waals surface area contributed by atoms with Crippen LogP contribution < -0.4 is 11.1 Å². The number of nitrogens with two attached hydrogens (primary N) is 1. The number of urea groups is 1. The minimum absolute atomic E-state index is 0.177. The highest BCUT2D eigenvalue weighted by molar-refractivity contribution is 5.90. The molecule has 6 nitrogen and oxygen atoms in total. The Kier molecular flexibility index (Phi) is 4.27. The van der Waals surface area contributed by atoms with Crippen molar-refractivity contribution in [1.29, 1.82) is 0 Å². The molecule has 1 aromatic rings. The van der Waals surface area contributed by atoms with Crippen LogP contribution in [0.3, 0.4) is 0 Å². The van der Waals surface area contributed by atoms with Crippen LogP contribution in [0.15, 0.2) is 12.3 Å². The van der Waals surface area contributed by atoms with E-state index in [1.807, 2.05) is 6.07 Å². The molecule has 1 atom stereocenters. The topological polar surface area (TPSA) is 88.3 Å². The van der Waals surface area contributed by atoms with Crippen molar-refractivity contribution < 1.29 is 9.59 Å². The van der Waals surface area contributed by atoms with Crippen molar-refractivity contribution in [3.63, 3.8) is 0 Å². The molecule has 1 saturated heterocycles. The molecule has 1 fully saturated rings. The van der Waals surface area contributed by atoms with E-state index in [1.54, 1.807) is 11.1 Å². The van der Waals surface area contributed by atoms with E-state index in [9.17, 15) is 9.59 Å². The normalized spacial score (nSPS) is 21.1. The SMILES string of the molecule is NC(=O)[C@H]1CCCN(C(=O)Nc2cnc3c(c2)CCCC3)C1.